The zero-order chi connectivity index (χ0) is 17.0. The Morgan fingerprint density at radius 2 is 1.27 bits per heavy atom. The Balaban J connectivity index is 1.58. The molecule has 0 saturated carbocycles. The second-order valence-corrected chi connectivity index (χ2v) is 8.06. The molecule has 3 heteroatoms. The highest BCUT2D eigenvalue weighted by atomic mass is 16.5. The molecule has 0 saturated heterocycles. The van der Waals surface area contributed by atoms with E-state index in [2.05, 4.69) is 43.3 Å². The van der Waals surface area contributed by atoms with Crippen LogP contribution in [0.3, 0.4) is 0 Å². The van der Waals surface area contributed by atoms with Crippen LogP contribution in [0.1, 0.15) is 27.8 Å². The lowest BCUT2D eigenvalue weighted by Gasteiger charge is -2.38. The lowest BCUT2D eigenvalue weighted by Crippen LogP contribution is -2.58. The minimum absolute atomic E-state index is 0.227. The van der Waals surface area contributed by atoms with E-state index in [1.165, 1.54) is 57.0 Å². The molecule has 2 heterocycles. The highest BCUT2D eigenvalue weighted by Crippen LogP contribution is 2.42. The van der Waals surface area contributed by atoms with Gasteiger partial charge in [0.1, 0.15) is 23.0 Å². The van der Waals surface area contributed by atoms with E-state index in [-0.39, 0.29) is 6.71 Å². The van der Waals surface area contributed by atoms with Crippen molar-refractivity contribution >= 4 is 23.1 Å². The average molecular weight is 336 g/mol. The molecule has 26 heavy (non-hydrogen) atoms. The Hall–Kier alpha value is -2.68. The number of benzene rings is 3. The zero-order valence-electron chi connectivity index (χ0n) is 14.7. The van der Waals surface area contributed by atoms with Gasteiger partial charge in [-0.25, -0.2) is 0 Å². The molecule has 0 N–H and O–H groups in total. The Morgan fingerprint density at radius 3 is 1.73 bits per heavy atom. The number of fused-ring (bicyclic) bond motifs is 8. The maximum absolute atomic E-state index is 6.47. The maximum Gasteiger partial charge on any atom is 0.260 e. The predicted octanol–water partition coefficient (Wildman–Crippen LogP) is 2.92. The maximum atomic E-state index is 6.47. The summed E-state index contributed by atoms with van der Waals surface area (Å²) in [5.41, 5.74) is 10.7. The summed E-state index contributed by atoms with van der Waals surface area (Å²) in [5, 5.41) is 0. The third-order valence-electron chi connectivity index (χ3n) is 6.65. The summed E-state index contributed by atoms with van der Waals surface area (Å²) in [6.45, 7) is 2.35. The molecule has 3 aromatic rings. The Morgan fingerprint density at radius 1 is 0.731 bits per heavy atom. The van der Waals surface area contributed by atoms with Gasteiger partial charge in [-0.3, -0.25) is 0 Å². The number of hydrogen-bond donors (Lipinski definition) is 0. The van der Waals surface area contributed by atoms with Crippen LogP contribution in [0, 0.1) is 6.92 Å². The van der Waals surface area contributed by atoms with Crippen LogP contribution in [-0.4, -0.2) is 6.71 Å². The van der Waals surface area contributed by atoms with Crippen LogP contribution in [0.2, 0.25) is 0 Å². The van der Waals surface area contributed by atoms with E-state index in [0.29, 0.717) is 0 Å². The van der Waals surface area contributed by atoms with Crippen LogP contribution in [0.5, 0.6) is 23.0 Å². The minimum atomic E-state index is 0.227. The van der Waals surface area contributed by atoms with Crippen molar-refractivity contribution in [2.24, 2.45) is 0 Å². The molecule has 0 aromatic heterocycles. The molecular formula is C23H17BO2. The van der Waals surface area contributed by atoms with Gasteiger partial charge in [-0.2, -0.15) is 0 Å². The molecule has 0 fully saturated rings. The van der Waals surface area contributed by atoms with E-state index in [9.17, 15) is 0 Å². The van der Waals surface area contributed by atoms with Crippen molar-refractivity contribution in [3.63, 3.8) is 0 Å². The van der Waals surface area contributed by atoms with Gasteiger partial charge in [0.2, 0.25) is 0 Å². The highest BCUT2D eigenvalue weighted by molar-refractivity contribution is 6.98. The van der Waals surface area contributed by atoms with Crippen LogP contribution < -0.4 is 25.9 Å². The van der Waals surface area contributed by atoms with Crippen LogP contribution in [0.15, 0.2) is 36.4 Å². The van der Waals surface area contributed by atoms with E-state index >= 15 is 0 Å². The molecule has 7 rings (SSSR count). The molecule has 4 aliphatic rings. The van der Waals surface area contributed by atoms with Crippen LogP contribution >= 0.6 is 0 Å². The quantitative estimate of drug-likeness (QED) is 0.405. The van der Waals surface area contributed by atoms with Crippen molar-refractivity contribution in [3.05, 3.63) is 64.2 Å². The fraction of sp³-hybridized carbons (Fsp3) is 0.217. The summed E-state index contributed by atoms with van der Waals surface area (Å²) < 4.78 is 12.9. The van der Waals surface area contributed by atoms with E-state index in [4.69, 9.17) is 9.47 Å². The molecule has 3 aromatic carbocycles. The summed E-state index contributed by atoms with van der Waals surface area (Å²) >= 11 is 0. The van der Waals surface area contributed by atoms with Gasteiger partial charge in [-0.15, -0.1) is 0 Å². The molecule has 2 nitrogen and oxygen atoms in total. The van der Waals surface area contributed by atoms with E-state index in [1.807, 2.05) is 0 Å². The lowest BCUT2D eigenvalue weighted by atomic mass is 9.34. The first kappa shape index (κ1) is 13.5. The molecule has 2 aliphatic carbocycles. The second-order valence-electron chi connectivity index (χ2n) is 8.06. The van der Waals surface area contributed by atoms with Crippen molar-refractivity contribution < 1.29 is 9.47 Å². The summed E-state index contributed by atoms with van der Waals surface area (Å²) in [6.07, 6.45) is 4.62. The van der Waals surface area contributed by atoms with Gasteiger partial charge in [0.05, 0.1) is 0 Å². The molecular weight excluding hydrogens is 319 g/mol. The molecule has 0 unspecified atom stereocenters. The van der Waals surface area contributed by atoms with Gasteiger partial charge in [0.15, 0.2) is 0 Å². The van der Waals surface area contributed by atoms with Crippen molar-refractivity contribution in [3.8, 4) is 23.0 Å². The van der Waals surface area contributed by atoms with Gasteiger partial charge in [0, 0.05) is 5.46 Å². The van der Waals surface area contributed by atoms with Crippen LogP contribution in [-0.2, 0) is 25.7 Å². The lowest BCUT2D eigenvalue weighted by molar-refractivity contribution is 0.452. The van der Waals surface area contributed by atoms with Gasteiger partial charge in [-0.05, 0) is 83.5 Å². The molecule has 124 valence electrons. The second kappa shape index (κ2) is 4.35. The largest absolute Gasteiger partial charge is 0.458 e. The molecule has 0 atom stereocenters. The fourth-order valence-electron chi connectivity index (χ4n) is 5.14. The molecule has 0 amide bonds. The average Bonchev–Trinajstić information content (AvgIpc) is 2.55. The Bertz CT molecular complexity index is 1070. The SMILES string of the molecule is Cc1cc2c3c(c1)Oc1c(ccc4c1CC4)B3c1ccc3c(c1O2)CC3. The molecule has 2 aliphatic heterocycles. The number of rotatable bonds is 0. The van der Waals surface area contributed by atoms with E-state index in [0.717, 1.165) is 35.8 Å². The zero-order valence-corrected chi connectivity index (χ0v) is 14.7. The van der Waals surface area contributed by atoms with Gasteiger partial charge < -0.3 is 9.47 Å². The summed E-state index contributed by atoms with van der Waals surface area (Å²) in [6, 6.07) is 13.5. The summed E-state index contributed by atoms with van der Waals surface area (Å²) in [5.74, 6) is 4.17. The Kier molecular flexibility index (Phi) is 2.26. The standard InChI is InChI=1S/C23H17BO2/c1-12-10-19-21-20(11-12)26-23-16-7-3-14(16)5-9-18(23)24(21)17-8-4-13-2-6-15(13)22(17)25-19/h4-5,8-11H,2-3,6-7H2,1H3. The monoisotopic (exact) mass is 336 g/mol. The fourth-order valence-corrected chi connectivity index (χ4v) is 5.14. The van der Waals surface area contributed by atoms with Crippen LogP contribution in [0.25, 0.3) is 0 Å². The summed E-state index contributed by atoms with van der Waals surface area (Å²) in [7, 11) is 0. The third kappa shape index (κ3) is 1.47. The first-order chi connectivity index (χ1) is 12.8. The van der Waals surface area contributed by atoms with Crippen molar-refractivity contribution in [1.82, 2.24) is 0 Å². The van der Waals surface area contributed by atoms with Crippen molar-refractivity contribution in [2.45, 2.75) is 32.6 Å². The van der Waals surface area contributed by atoms with Crippen molar-refractivity contribution in [2.75, 3.05) is 0 Å². The first-order valence-electron chi connectivity index (χ1n) is 9.57. The van der Waals surface area contributed by atoms with E-state index < -0.39 is 0 Å². The van der Waals surface area contributed by atoms with Gasteiger partial charge in [-0.1, -0.05) is 24.3 Å². The minimum Gasteiger partial charge on any atom is -0.458 e. The number of aryl methyl sites for hydroxylation is 3. The Labute approximate surface area is 152 Å². The molecule has 0 radical (unpaired) electrons. The third-order valence-corrected chi connectivity index (χ3v) is 6.65. The summed E-state index contributed by atoms with van der Waals surface area (Å²) in [4.78, 5) is 0. The van der Waals surface area contributed by atoms with E-state index in [1.54, 1.807) is 0 Å². The van der Waals surface area contributed by atoms with Crippen LogP contribution in [0.4, 0.5) is 0 Å². The first-order valence-corrected chi connectivity index (χ1v) is 9.57. The normalized spacial score (nSPS) is 16.6. The predicted molar refractivity (Wildman–Crippen MR) is 104 cm³/mol. The number of hydrogen-bond acceptors (Lipinski definition) is 2. The molecule has 0 spiro atoms. The smallest absolute Gasteiger partial charge is 0.260 e. The highest BCUT2D eigenvalue weighted by Gasteiger charge is 2.43. The molecule has 0 bridgehead atoms. The van der Waals surface area contributed by atoms with Crippen molar-refractivity contribution in [1.29, 1.82) is 0 Å². The topological polar surface area (TPSA) is 18.5 Å². The number of ether oxygens (including phenoxy) is 2. The van der Waals surface area contributed by atoms with Gasteiger partial charge in [0.25, 0.3) is 6.71 Å². The van der Waals surface area contributed by atoms with Gasteiger partial charge >= 0.3 is 0 Å².